The Morgan fingerprint density at radius 1 is 1.00 bits per heavy atom. The fourth-order valence-corrected chi connectivity index (χ4v) is 0.663. The first-order valence-corrected chi connectivity index (χ1v) is 11.2. The molecule has 0 aliphatic heterocycles. The van der Waals surface area contributed by atoms with Crippen molar-refractivity contribution < 1.29 is 15.1 Å². The van der Waals surface area contributed by atoms with Gasteiger partial charge in [-0.2, -0.15) is 0 Å². The van der Waals surface area contributed by atoms with Crippen molar-refractivity contribution in [3.05, 3.63) is 35.4 Å². The van der Waals surface area contributed by atoms with Crippen LogP contribution in [-0.2, 0) is 15.1 Å². The van der Waals surface area contributed by atoms with Crippen LogP contribution >= 0.6 is 19.4 Å². The average molecular weight is 242 g/mol. The summed E-state index contributed by atoms with van der Waals surface area (Å²) >= 11 is -0.931. The molecule has 0 fully saturated rings. The van der Waals surface area contributed by atoms with Crippen molar-refractivity contribution in [1.29, 1.82) is 0 Å². The Morgan fingerprint density at radius 2 is 1.27 bits per heavy atom. The van der Waals surface area contributed by atoms with E-state index in [0.717, 1.165) is 0 Å². The molecule has 58 valence electrons. The van der Waals surface area contributed by atoms with E-state index in [9.17, 15) is 0 Å². The van der Waals surface area contributed by atoms with E-state index >= 15 is 0 Å². The van der Waals surface area contributed by atoms with Crippen molar-refractivity contribution in [2.75, 3.05) is 0 Å². The molecule has 11 heavy (non-hydrogen) atoms. The summed E-state index contributed by atoms with van der Waals surface area (Å²) in [5.41, 5.74) is 2.74. The van der Waals surface area contributed by atoms with E-state index in [4.69, 9.17) is 19.4 Å². The summed E-state index contributed by atoms with van der Waals surface area (Å²) in [6, 6.07) is 8.36. The molecule has 0 nitrogen and oxygen atoms in total. The number of hydrogen-bond acceptors (Lipinski definition) is 0. The Labute approximate surface area is 83.6 Å². The number of aryl methyl sites for hydroxylation is 2. The van der Waals surface area contributed by atoms with E-state index in [0.29, 0.717) is 0 Å². The van der Waals surface area contributed by atoms with Crippen LogP contribution < -0.4 is 0 Å². The molecule has 0 aliphatic rings. The molecule has 0 spiro atoms. The van der Waals surface area contributed by atoms with Crippen LogP contribution in [-0.4, -0.2) is 0 Å². The maximum atomic E-state index is 4.95. The zero-order valence-electron chi connectivity index (χ0n) is 6.77. The van der Waals surface area contributed by atoms with E-state index in [1.54, 1.807) is 0 Å². The van der Waals surface area contributed by atoms with Crippen LogP contribution in [0.25, 0.3) is 0 Å². The van der Waals surface area contributed by atoms with Crippen molar-refractivity contribution in [3.63, 3.8) is 0 Å². The standard InChI is InChI=1S/C8H10.2ClH.Zn/c1-7-5-3-4-6-8(7)2;;;/h3-6H,1-2H3;2*1H;/q;;;+2/p-2. The van der Waals surface area contributed by atoms with Crippen LogP contribution in [0.2, 0.25) is 0 Å². The Kier molecular flexibility index (Phi) is 7.37. The Hall–Kier alpha value is 0.423. The number of rotatable bonds is 0. The zero-order valence-corrected chi connectivity index (χ0v) is 11.3. The monoisotopic (exact) mass is 240 g/mol. The summed E-state index contributed by atoms with van der Waals surface area (Å²) in [6.07, 6.45) is 0. The van der Waals surface area contributed by atoms with Gasteiger partial charge in [0.2, 0.25) is 0 Å². The second kappa shape index (κ2) is 7.09. The molecule has 0 radical (unpaired) electrons. The zero-order chi connectivity index (χ0) is 8.69. The average Bonchev–Trinajstić information content (AvgIpc) is 1.97. The first-order chi connectivity index (χ1) is 5.22. The van der Waals surface area contributed by atoms with E-state index < -0.39 is 15.1 Å². The molecule has 0 atom stereocenters. The summed E-state index contributed by atoms with van der Waals surface area (Å²) in [7, 11) is 9.90. The number of halogens is 2. The van der Waals surface area contributed by atoms with Crippen LogP contribution in [0.15, 0.2) is 24.3 Å². The summed E-state index contributed by atoms with van der Waals surface area (Å²) < 4.78 is 0. The number of benzene rings is 1. The second-order valence-corrected chi connectivity index (χ2v) is 6.81. The topological polar surface area (TPSA) is 0 Å². The van der Waals surface area contributed by atoms with E-state index in [2.05, 4.69) is 38.1 Å². The van der Waals surface area contributed by atoms with Gasteiger partial charge >= 0.3 is 34.5 Å². The summed E-state index contributed by atoms with van der Waals surface area (Å²) in [6.45, 7) is 4.24. The molecule has 0 heterocycles. The van der Waals surface area contributed by atoms with Gasteiger partial charge < -0.3 is 0 Å². The molecule has 0 saturated heterocycles. The maximum absolute atomic E-state index is 4.95. The molecule has 0 unspecified atom stereocenters. The third-order valence-corrected chi connectivity index (χ3v) is 1.43. The molecule has 0 aromatic heterocycles. The molecule has 0 aliphatic carbocycles. The van der Waals surface area contributed by atoms with Gasteiger partial charge in [-0.25, -0.2) is 0 Å². The SMILES string of the molecule is Cc1ccccc1C.[Cl][Zn][Cl]. The molecular formula is C8H10Cl2Zn. The van der Waals surface area contributed by atoms with Crippen molar-refractivity contribution >= 4 is 19.4 Å². The van der Waals surface area contributed by atoms with E-state index in [1.807, 2.05) is 0 Å². The quantitative estimate of drug-likeness (QED) is 0.609. The van der Waals surface area contributed by atoms with Crippen molar-refractivity contribution in [2.45, 2.75) is 13.8 Å². The summed E-state index contributed by atoms with van der Waals surface area (Å²) in [5.74, 6) is 0. The van der Waals surface area contributed by atoms with Crippen LogP contribution in [0.1, 0.15) is 11.1 Å². The van der Waals surface area contributed by atoms with Gasteiger partial charge in [0.15, 0.2) is 0 Å². The van der Waals surface area contributed by atoms with Crippen LogP contribution in [0.4, 0.5) is 0 Å². The van der Waals surface area contributed by atoms with Crippen LogP contribution in [0.3, 0.4) is 0 Å². The molecule has 0 amide bonds. The fraction of sp³-hybridized carbons (Fsp3) is 0.250. The van der Waals surface area contributed by atoms with Gasteiger partial charge in [0, 0.05) is 0 Å². The van der Waals surface area contributed by atoms with Gasteiger partial charge in [-0.1, -0.05) is 24.3 Å². The van der Waals surface area contributed by atoms with Gasteiger partial charge in [-0.3, -0.25) is 0 Å². The van der Waals surface area contributed by atoms with Crippen LogP contribution in [0.5, 0.6) is 0 Å². The van der Waals surface area contributed by atoms with E-state index in [-0.39, 0.29) is 0 Å². The number of hydrogen-bond donors (Lipinski definition) is 0. The summed E-state index contributed by atoms with van der Waals surface area (Å²) in [5, 5.41) is 0. The normalized spacial score (nSPS) is 7.64. The van der Waals surface area contributed by atoms with Gasteiger partial charge in [0.25, 0.3) is 0 Å². The molecule has 1 aromatic rings. The molecule has 3 heteroatoms. The van der Waals surface area contributed by atoms with E-state index in [1.165, 1.54) is 11.1 Å². The molecule has 1 rings (SSSR count). The predicted octanol–water partition coefficient (Wildman–Crippen LogP) is 3.68. The molecule has 0 N–H and O–H groups in total. The summed E-state index contributed by atoms with van der Waals surface area (Å²) in [4.78, 5) is 0. The molecular weight excluding hydrogens is 232 g/mol. The van der Waals surface area contributed by atoms with Crippen molar-refractivity contribution in [1.82, 2.24) is 0 Å². The third kappa shape index (κ3) is 5.67. The predicted molar refractivity (Wildman–Crippen MR) is 47.6 cm³/mol. The van der Waals surface area contributed by atoms with Crippen molar-refractivity contribution in [2.24, 2.45) is 0 Å². The second-order valence-electron chi connectivity index (χ2n) is 2.19. The molecule has 0 bridgehead atoms. The first-order valence-electron chi connectivity index (χ1n) is 3.36. The third-order valence-electron chi connectivity index (χ3n) is 1.43. The minimum absolute atomic E-state index is 0.931. The molecule has 0 saturated carbocycles. The van der Waals surface area contributed by atoms with Crippen LogP contribution in [0, 0.1) is 13.8 Å². The fourth-order valence-electron chi connectivity index (χ4n) is 0.663. The Morgan fingerprint density at radius 3 is 1.45 bits per heavy atom. The van der Waals surface area contributed by atoms with Gasteiger partial charge in [-0.15, -0.1) is 0 Å². The minimum atomic E-state index is -0.931. The van der Waals surface area contributed by atoms with Gasteiger partial charge in [0.05, 0.1) is 0 Å². The first kappa shape index (κ1) is 11.4. The molecule has 1 aromatic carbocycles. The van der Waals surface area contributed by atoms with Gasteiger partial charge in [-0.05, 0) is 25.0 Å². The van der Waals surface area contributed by atoms with Gasteiger partial charge in [0.1, 0.15) is 0 Å². The Balaban J connectivity index is 0.000000292. The van der Waals surface area contributed by atoms with Crippen molar-refractivity contribution in [3.8, 4) is 0 Å². The Bertz CT molecular complexity index is 180.